The average Bonchev–Trinajstić information content (AvgIpc) is 3.53. The molecule has 7 nitrogen and oxygen atoms in total. The minimum atomic E-state index is -4.39. The van der Waals surface area contributed by atoms with Crippen LogP contribution in [0.2, 0.25) is 0 Å². The molecule has 0 atom stereocenters. The number of hydrogen-bond donors (Lipinski definition) is 2. The molecule has 33 heavy (non-hydrogen) atoms. The topological polar surface area (TPSA) is 88.7 Å². The lowest BCUT2D eigenvalue weighted by Crippen LogP contribution is -2.10. The van der Waals surface area contributed by atoms with Crippen molar-refractivity contribution in [3.05, 3.63) is 84.1 Å². The molecule has 2 aromatic carbocycles. The fourth-order valence-electron chi connectivity index (χ4n) is 3.47. The number of aryl methyl sites for hydroxylation is 1. The number of alkyl halides is 3. The third-order valence-corrected chi connectivity index (χ3v) is 5.16. The summed E-state index contributed by atoms with van der Waals surface area (Å²) in [6, 6.07) is 12.0. The maximum absolute atomic E-state index is 12.8. The third kappa shape index (κ3) is 3.98. The molecule has 3 heterocycles. The number of carbonyl (C=O) groups excluding carboxylic acids is 1. The zero-order chi connectivity index (χ0) is 23.2. The average molecular weight is 451 g/mol. The van der Waals surface area contributed by atoms with Gasteiger partial charge >= 0.3 is 6.18 Å². The highest BCUT2D eigenvalue weighted by Crippen LogP contribution is 2.31. The Labute approximate surface area is 184 Å². The zero-order valence-corrected chi connectivity index (χ0v) is 17.1. The molecule has 0 aliphatic rings. The third-order valence-electron chi connectivity index (χ3n) is 5.16. The molecule has 2 N–H and O–H groups in total. The number of fused-ring (bicyclic) bond motifs is 1. The van der Waals surface area contributed by atoms with Crippen LogP contribution in [0.3, 0.4) is 0 Å². The molecule has 0 aliphatic carbocycles. The Morgan fingerprint density at radius 2 is 1.88 bits per heavy atom. The molecule has 0 saturated carbocycles. The summed E-state index contributed by atoms with van der Waals surface area (Å²) in [5.41, 5.74) is 3.37. The molecule has 1 amide bonds. The first-order chi connectivity index (χ1) is 15.8. The van der Waals surface area contributed by atoms with Crippen molar-refractivity contribution in [1.82, 2.24) is 19.9 Å². The first-order valence-electron chi connectivity index (χ1n) is 9.86. The van der Waals surface area contributed by atoms with E-state index in [2.05, 4.69) is 20.6 Å². The van der Waals surface area contributed by atoms with Gasteiger partial charge in [0.05, 0.1) is 28.8 Å². The van der Waals surface area contributed by atoms with E-state index in [4.69, 9.17) is 4.52 Å². The van der Waals surface area contributed by atoms with Crippen molar-refractivity contribution in [1.29, 1.82) is 0 Å². The summed E-state index contributed by atoms with van der Waals surface area (Å²) in [6.45, 7) is 1.73. The van der Waals surface area contributed by atoms with Crippen molar-refractivity contribution < 1.29 is 22.5 Å². The van der Waals surface area contributed by atoms with E-state index in [1.807, 2.05) is 18.2 Å². The first-order valence-corrected chi connectivity index (χ1v) is 9.86. The summed E-state index contributed by atoms with van der Waals surface area (Å²) in [4.78, 5) is 15.5. The highest BCUT2D eigenvalue weighted by molar-refractivity contribution is 6.08. The van der Waals surface area contributed by atoms with Gasteiger partial charge in [-0.1, -0.05) is 11.2 Å². The largest absolute Gasteiger partial charge is 0.416 e. The lowest BCUT2D eigenvalue weighted by molar-refractivity contribution is -0.137. The molecule has 3 aromatic heterocycles. The maximum Gasteiger partial charge on any atom is 0.416 e. The molecule has 5 aromatic rings. The summed E-state index contributed by atoms with van der Waals surface area (Å²) < 4.78 is 44.9. The fourth-order valence-corrected chi connectivity index (χ4v) is 3.47. The van der Waals surface area contributed by atoms with Crippen molar-refractivity contribution in [3.63, 3.8) is 0 Å². The number of nitrogens with zero attached hydrogens (tertiary/aromatic N) is 3. The van der Waals surface area contributed by atoms with Gasteiger partial charge in [-0.25, -0.2) is 4.68 Å². The van der Waals surface area contributed by atoms with Crippen molar-refractivity contribution in [3.8, 4) is 16.8 Å². The maximum atomic E-state index is 12.8. The highest BCUT2D eigenvalue weighted by Gasteiger charge is 2.30. The molecule has 0 unspecified atom stereocenters. The second-order valence-electron chi connectivity index (χ2n) is 7.47. The number of H-pyrrole nitrogens is 1. The number of aromatic nitrogens is 4. The standard InChI is InChI=1S/C23H16F3N5O2/c1-13-8-21(33-30-13)22(32)29-20-11-27-19-7-2-14(9-18(19)20)15-10-28-31(12-15)17-5-3-16(4-6-17)23(24,25)26/h2-12,27H,1H3,(H,29,32). The summed E-state index contributed by atoms with van der Waals surface area (Å²) in [7, 11) is 0. The van der Waals surface area contributed by atoms with Gasteiger partial charge in [0.15, 0.2) is 0 Å². The van der Waals surface area contributed by atoms with E-state index < -0.39 is 17.6 Å². The van der Waals surface area contributed by atoms with Gasteiger partial charge in [-0.05, 0) is 48.9 Å². The van der Waals surface area contributed by atoms with Gasteiger partial charge in [0.2, 0.25) is 5.76 Å². The van der Waals surface area contributed by atoms with Gasteiger partial charge in [-0.2, -0.15) is 18.3 Å². The van der Waals surface area contributed by atoms with Crippen LogP contribution in [-0.4, -0.2) is 25.8 Å². The Balaban J connectivity index is 1.42. The molecule has 0 spiro atoms. The van der Waals surface area contributed by atoms with Crippen LogP contribution in [-0.2, 0) is 6.18 Å². The van der Waals surface area contributed by atoms with Crippen LogP contribution >= 0.6 is 0 Å². The number of rotatable bonds is 4. The number of anilines is 1. The van der Waals surface area contributed by atoms with E-state index in [1.54, 1.807) is 31.6 Å². The van der Waals surface area contributed by atoms with E-state index in [1.165, 1.54) is 16.8 Å². The summed E-state index contributed by atoms with van der Waals surface area (Å²) in [5.74, 6) is -0.312. The van der Waals surface area contributed by atoms with E-state index in [-0.39, 0.29) is 5.76 Å². The van der Waals surface area contributed by atoms with Gasteiger partial charge in [0, 0.05) is 34.9 Å². The first kappa shape index (κ1) is 20.6. The van der Waals surface area contributed by atoms with E-state index >= 15 is 0 Å². The van der Waals surface area contributed by atoms with Gasteiger partial charge in [-0.15, -0.1) is 0 Å². The minimum absolute atomic E-state index is 0.107. The lowest BCUT2D eigenvalue weighted by Gasteiger charge is -2.07. The molecule has 0 saturated heterocycles. The summed E-state index contributed by atoms with van der Waals surface area (Å²) in [5, 5.41) is 11.6. The van der Waals surface area contributed by atoms with Gasteiger partial charge < -0.3 is 14.8 Å². The SMILES string of the molecule is Cc1cc(C(=O)Nc2c[nH]c3ccc(-c4cnn(-c5ccc(C(F)(F)F)cc5)c4)cc23)on1. The van der Waals surface area contributed by atoms with E-state index in [0.29, 0.717) is 17.1 Å². The molecule has 0 aliphatic heterocycles. The molecule has 5 rings (SSSR count). The lowest BCUT2D eigenvalue weighted by atomic mass is 10.1. The second-order valence-corrected chi connectivity index (χ2v) is 7.47. The smallest absolute Gasteiger partial charge is 0.359 e. The van der Waals surface area contributed by atoms with Gasteiger partial charge in [0.25, 0.3) is 5.91 Å². The number of benzene rings is 2. The molecule has 10 heteroatoms. The molecule has 166 valence electrons. The zero-order valence-electron chi connectivity index (χ0n) is 17.1. The molecule has 0 bridgehead atoms. The predicted octanol–water partition coefficient (Wildman–Crippen LogP) is 5.59. The highest BCUT2D eigenvalue weighted by atomic mass is 19.4. The molecular formula is C23H16F3N5O2. The molecular weight excluding hydrogens is 435 g/mol. The Morgan fingerprint density at radius 1 is 1.09 bits per heavy atom. The van der Waals surface area contributed by atoms with Crippen LogP contribution in [0.5, 0.6) is 0 Å². The quantitative estimate of drug-likeness (QED) is 0.373. The van der Waals surface area contributed by atoms with E-state index in [9.17, 15) is 18.0 Å². The number of nitrogens with one attached hydrogen (secondary N) is 2. The van der Waals surface area contributed by atoms with Crippen molar-refractivity contribution in [2.75, 3.05) is 5.32 Å². The monoisotopic (exact) mass is 451 g/mol. The predicted molar refractivity (Wildman–Crippen MR) is 115 cm³/mol. The molecule has 0 radical (unpaired) electrons. The Hall–Kier alpha value is -4.34. The van der Waals surface area contributed by atoms with E-state index in [0.717, 1.165) is 34.2 Å². The van der Waals surface area contributed by atoms with Gasteiger partial charge in [0.1, 0.15) is 0 Å². The van der Waals surface area contributed by atoms with Crippen LogP contribution in [0.15, 0.2) is 71.6 Å². The number of aromatic amines is 1. The Morgan fingerprint density at radius 3 is 2.58 bits per heavy atom. The number of carbonyl (C=O) groups is 1. The van der Waals surface area contributed by atoms with Crippen molar-refractivity contribution in [2.45, 2.75) is 13.1 Å². The minimum Gasteiger partial charge on any atom is -0.359 e. The van der Waals surface area contributed by atoms with Gasteiger partial charge in [-0.3, -0.25) is 4.79 Å². The normalized spacial score (nSPS) is 11.8. The summed E-state index contributed by atoms with van der Waals surface area (Å²) >= 11 is 0. The van der Waals surface area contributed by atoms with Crippen molar-refractivity contribution >= 4 is 22.5 Å². The Bertz CT molecular complexity index is 1460. The second kappa shape index (κ2) is 7.66. The Kier molecular flexibility index (Phi) is 4.77. The van der Waals surface area contributed by atoms with Crippen molar-refractivity contribution in [2.24, 2.45) is 0 Å². The number of amides is 1. The fraction of sp³-hybridized carbons (Fsp3) is 0.0870. The van der Waals surface area contributed by atoms with Crippen LogP contribution in [0.25, 0.3) is 27.7 Å². The number of halogens is 3. The van der Waals surface area contributed by atoms with Crippen LogP contribution in [0.1, 0.15) is 21.8 Å². The summed E-state index contributed by atoms with van der Waals surface area (Å²) in [6.07, 6.45) is 0.646. The van der Waals surface area contributed by atoms with Crippen LogP contribution in [0, 0.1) is 6.92 Å². The van der Waals surface area contributed by atoms with Crippen LogP contribution < -0.4 is 5.32 Å². The van der Waals surface area contributed by atoms with Crippen LogP contribution in [0.4, 0.5) is 18.9 Å². The molecule has 0 fully saturated rings. The number of hydrogen-bond acceptors (Lipinski definition) is 4.